The van der Waals surface area contributed by atoms with E-state index in [1.807, 2.05) is 18.4 Å². The zero-order valence-electron chi connectivity index (χ0n) is 12.1. The molecule has 2 aromatic rings. The summed E-state index contributed by atoms with van der Waals surface area (Å²) < 4.78 is 40.8. The molecule has 112 valence electrons. The molecule has 3 rings (SSSR count). The van der Waals surface area contributed by atoms with Crippen LogP contribution in [0.4, 0.5) is 18.9 Å². The molecule has 21 heavy (non-hydrogen) atoms. The lowest BCUT2D eigenvalue weighted by Crippen LogP contribution is -2.36. The Kier molecular flexibility index (Phi) is 2.64. The molecular weight excluding hydrogens is 281 g/mol. The second kappa shape index (κ2) is 3.99. The molecule has 0 bridgehead atoms. The van der Waals surface area contributed by atoms with Gasteiger partial charge in [0.1, 0.15) is 5.82 Å². The van der Waals surface area contributed by atoms with Gasteiger partial charge in [-0.05, 0) is 45.4 Å². The van der Waals surface area contributed by atoms with Crippen LogP contribution >= 0.6 is 0 Å². The highest BCUT2D eigenvalue weighted by Gasteiger charge is 2.38. The van der Waals surface area contributed by atoms with Gasteiger partial charge in [0, 0.05) is 0 Å². The van der Waals surface area contributed by atoms with Crippen LogP contribution in [0.3, 0.4) is 0 Å². The minimum absolute atomic E-state index is 0.447. The van der Waals surface area contributed by atoms with Gasteiger partial charge in [0.25, 0.3) is 0 Å². The van der Waals surface area contributed by atoms with E-state index >= 15 is 0 Å². The third-order valence-corrected chi connectivity index (χ3v) is 3.68. The van der Waals surface area contributed by atoms with Gasteiger partial charge in [-0.25, -0.2) is 0 Å². The summed E-state index contributed by atoms with van der Waals surface area (Å²) >= 11 is 0. The minimum atomic E-state index is -4.37. The first-order valence-electron chi connectivity index (χ1n) is 6.54. The lowest BCUT2D eigenvalue weighted by atomic mass is 9.97. The van der Waals surface area contributed by atoms with Crippen molar-refractivity contribution in [2.24, 2.45) is 0 Å². The number of aromatic nitrogens is 3. The largest absolute Gasteiger partial charge is 0.416 e. The standard InChI is InChI=1S/C14H15F3N4/c1-7-5-9(14(15,16)17)6-10-11(7)21-8(2)19-20-12(21)13(3,4)18-10/h5-6,18H,1-4H3. The molecule has 0 unspecified atom stereocenters. The number of rotatable bonds is 0. The molecule has 0 radical (unpaired) electrons. The van der Waals surface area contributed by atoms with Gasteiger partial charge in [0.05, 0.1) is 22.5 Å². The topological polar surface area (TPSA) is 42.7 Å². The highest BCUT2D eigenvalue weighted by Crippen LogP contribution is 2.41. The normalized spacial score (nSPS) is 16.1. The highest BCUT2D eigenvalue weighted by atomic mass is 19.4. The van der Waals surface area contributed by atoms with Crippen LogP contribution < -0.4 is 5.32 Å². The number of anilines is 1. The van der Waals surface area contributed by atoms with Crippen molar-refractivity contribution in [2.45, 2.75) is 39.4 Å². The lowest BCUT2D eigenvalue weighted by Gasteiger charge is -2.35. The van der Waals surface area contributed by atoms with Crippen LogP contribution in [0, 0.1) is 13.8 Å². The Morgan fingerprint density at radius 1 is 1.14 bits per heavy atom. The van der Waals surface area contributed by atoms with E-state index in [1.165, 1.54) is 0 Å². The molecule has 1 N–H and O–H groups in total. The van der Waals surface area contributed by atoms with Gasteiger partial charge in [-0.3, -0.25) is 4.57 Å². The molecule has 4 nitrogen and oxygen atoms in total. The molecule has 1 aromatic carbocycles. The van der Waals surface area contributed by atoms with Crippen LogP contribution in [-0.2, 0) is 11.7 Å². The van der Waals surface area contributed by atoms with E-state index in [4.69, 9.17) is 0 Å². The molecule has 0 fully saturated rings. The SMILES string of the molecule is Cc1cc(C(F)(F)F)cc2c1-n1c(C)nnc1C(C)(C)N2. The Balaban J connectivity index is 2.32. The average molecular weight is 296 g/mol. The smallest absolute Gasteiger partial charge is 0.371 e. The van der Waals surface area contributed by atoms with E-state index in [0.717, 1.165) is 12.1 Å². The van der Waals surface area contributed by atoms with Crippen LogP contribution in [0.15, 0.2) is 12.1 Å². The molecule has 0 atom stereocenters. The molecule has 1 aliphatic heterocycles. The van der Waals surface area contributed by atoms with Crippen molar-refractivity contribution >= 4 is 5.69 Å². The van der Waals surface area contributed by atoms with Crippen LogP contribution in [0.5, 0.6) is 0 Å². The number of nitrogens with one attached hydrogen (secondary N) is 1. The van der Waals surface area contributed by atoms with Crippen molar-refractivity contribution in [3.05, 3.63) is 34.9 Å². The van der Waals surface area contributed by atoms with Crippen molar-refractivity contribution in [1.82, 2.24) is 14.8 Å². The summed E-state index contributed by atoms with van der Waals surface area (Å²) in [4.78, 5) is 0. The summed E-state index contributed by atoms with van der Waals surface area (Å²) in [7, 11) is 0. The number of fused-ring (bicyclic) bond motifs is 3. The van der Waals surface area contributed by atoms with E-state index in [1.54, 1.807) is 13.8 Å². The van der Waals surface area contributed by atoms with Gasteiger partial charge in [-0.1, -0.05) is 0 Å². The van der Waals surface area contributed by atoms with Crippen LogP contribution in [0.1, 0.15) is 36.6 Å². The lowest BCUT2D eigenvalue weighted by molar-refractivity contribution is -0.137. The second-order valence-corrected chi connectivity index (χ2v) is 5.84. The predicted molar refractivity (Wildman–Crippen MR) is 72.5 cm³/mol. The molecular formula is C14H15F3N4. The summed E-state index contributed by atoms with van der Waals surface area (Å²) in [6, 6.07) is 2.30. The van der Waals surface area contributed by atoms with Crippen molar-refractivity contribution in [1.29, 1.82) is 0 Å². The molecule has 0 aliphatic carbocycles. The van der Waals surface area contributed by atoms with E-state index < -0.39 is 17.3 Å². The van der Waals surface area contributed by atoms with Gasteiger partial charge in [-0.15, -0.1) is 10.2 Å². The molecule has 2 heterocycles. The Labute approximate surface area is 120 Å². The number of benzene rings is 1. The monoisotopic (exact) mass is 296 g/mol. The maximum atomic E-state index is 13.0. The number of hydrogen-bond donors (Lipinski definition) is 1. The summed E-state index contributed by atoms with van der Waals surface area (Å²) in [5.41, 5.74) is 0.413. The van der Waals surface area contributed by atoms with Gasteiger partial charge in [0.2, 0.25) is 0 Å². The maximum absolute atomic E-state index is 13.0. The van der Waals surface area contributed by atoms with E-state index in [-0.39, 0.29) is 0 Å². The number of nitrogens with zero attached hydrogens (tertiary/aromatic N) is 3. The van der Waals surface area contributed by atoms with Gasteiger partial charge in [-0.2, -0.15) is 13.2 Å². The fourth-order valence-electron chi connectivity index (χ4n) is 2.76. The Bertz CT molecular complexity index is 729. The van der Waals surface area contributed by atoms with Gasteiger partial charge < -0.3 is 5.32 Å². The zero-order chi connectivity index (χ0) is 15.6. The van der Waals surface area contributed by atoms with Crippen molar-refractivity contribution in [3.8, 4) is 5.69 Å². The summed E-state index contributed by atoms with van der Waals surface area (Å²) in [5.74, 6) is 1.35. The maximum Gasteiger partial charge on any atom is 0.416 e. The molecule has 0 saturated carbocycles. The number of alkyl halides is 3. The van der Waals surface area contributed by atoms with Crippen molar-refractivity contribution < 1.29 is 13.2 Å². The second-order valence-electron chi connectivity index (χ2n) is 5.84. The van der Waals surface area contributed by atoms with Gasteiger partial charge >= 0.3 is 6.18 Å². The van der Waals surface area contributed by atoms with Crippen LogP contribution in [0.25, 0.3) is 5.69 Å². The van der Waals surface area contributed by atoms with Crippen LogP contribution in [0.2, 0.25) is 0 Å². The highest BCUT2D eigenvalue weighted by molar-refractivity contribution is 5.70. The Morgan fingerprint density at radius 3 is 2.43 bits per heavy atom. The molecule has 1 aliphatic rings. The average Bonchev–Trinajstić information content (AvgIpc) is 2.70. The third-order valence-electron chi connectivity index (χ3n) is 3.68. The fraction of sp³-hybridized carbons (Fsp3) is 0.429. The molecule has 7 heteroatoms. The first-order valence-corrected chi connectivity index (χ1v) is 6.54. The zero-order valence-corrected chi connectivity index (χ0v) is 12.1. The molecule has 0 amide bonds. The minimum Gasteiger partial charge on any atom is -0.371 e. The summed E-state index contributed by atoms with van der Waals surface area (Å²) in [6.45, 7) is 7.19. The number of halogens is 3. The number of aryl methyl sites for hydroxylation is 2. The van der Waals surface area contributed by atoms with E-state index in [9.17, 15) is 13.2 Å². The van der Waals surface area contributed by atoms with Crippen molar-refractivity contribution in [3.63, 3.8) is 0 Å². The van der Waals surface area contributed by atoms with Gasteiger partial charge in [0.15, 0.2) is 5.82 Å². The quantitative estimate of drug-likeness (QED) is 0.808. The molecule has 0 saturated heterocycles. The van der Waals surface area contributed by atoms with E-state index in [0.29, 0.717) is 28.6 Å². The summed E-state index contributed by atoms with van der Waals surface area (Å²) in [6.07, 6.45) is -4.37. The summed E-state index contributed by atoms with van der Waals surface area (Å²) in [5, 5.41) is 11.3. The van der Waals surface area contributed by atoms with Crippen LogP contribution in [-0.4, -0.2) is 14.8 Å². The molecule has 0 spiro atoms. The van der Waals surface area contributed by atoms with E-state index in [2.05, 4.69) is 15.5 Å². The first-order chi connectivity index (χ1) is 9.61. The first kappa shape index (κ1) is 13.9. The Hall–Kier alpha value is -2.05. The molecule has 1 aromatic heterocycles. The predicted octanol–water partition coefficient (Wildman–Crippen LogP) is 3.56. The fourth-order valence-corrected chi connectivity index (χ4v) is 2.76. The number of hydrogen-bond acceptors (Lipinski definition) is 3. The van der Waals surface area contributed by atoms with Crippen molar-refractivity contribution in [2.75, 3.05) is 5.32 Å². The third kappa shape index (κ3) is 1.99. The Morgan fingerprint density at radius 2 is 1.81 bits per heavy atom.